The van der Waals surface area contributed by atoms with Gasteiger partial charge < -0.3 is 25.4 Å². The van der Waals surface area contributed by atoms with Gasteiger partial charge in [-0.05, 0) is 68.9 Å². The maximum absolute atomic E-state index is 13.8. The van der Waals surface area contributed by atoms with Gasteiger partial charge in [0.15, 0.2) is 0 Å². The molecule has 0 saturated carbocycles. The summed E-state index contributed by atoms with van der Waals surface area (Å²) in [7, 11) is 0. The highest BCUT2D eigenvalue weighted by atomic mass is 16.5. The molecule has 8 heteroatoms. The van der Waals surface area contributed by atoms with Gasteiger partial charge in [-0.25, -0.2) is 0 Å². The van der Waals surface area contributed by atoms with E-state index in [-0.39, 0.29) is 24.3 Å². The zero-order chi connectivity index (χ0) is 25.4. The number of fused-ring (bicyclic) bond motifs is 1. The highest BCUT2D eigenvalue weighted by Crippen LogP contribution is 2.58. The molecular formula is C28H33N3O5. The van der Waals surface area contributed by atoms with E-state index in [1.807, 2.05) is 50.2 Å². The molecule has 0 radical (unpaired) electrons. The van der Waals surface area contributed by atoms with Gasteiger partial charge in [0.05, 0.1) is 17.9 Å². The summed E-state index contributed by atoms with van der Waals surface area (Å²) in [5.41, 5.74) is 2.27. The lowest BCUT2D eigenvalue weighted by molar-refractivity contribution is -0.139. The molecule has 2 aromatic rings. The Balaban J connectivity index is 1.46. The fourth-order valence-electron chi connectivity index (χ4n) is 6.21. The van der Waals surface area contributed by atoms with Gasteiger partial charge in [-0.1, -0.05) is 30.3 Å². The van der Waals surface area contributed by atoms with Crippen molar-refractivity contribution in [3.8, 4) is 0 Å². The number of benzene rings is 2. The topological polar surface area (TPSA) is 108 Å². The lowest BCUT2D eigenvalue weighted by Gasteiger charge is -2.33. The predicted octanol–water partition coefficient (Wildman–Crippen LogP) is 3.03. The summed E-state index contributed by atoms with van der Waals surface area (Å²) >= 11 is 0. The van der Waals surface area contributed by atoms with E-state index in [2.05, 4.69) is 10.6 Å². The van der Waals surface area contributed by atoms with Crippen molar-refractivity contribution >= 4 is 29.1 Å². The molecule has 36 heavy (non-hydrogen) atoms. The number of amides is 3. The molecule has 5 rings (SSSR count). The van der Waals surface area contributed by atoms with Crippen LogP contribution in [-0.2, 0) is 19.1 Å². The van der Waals surface area contributed by atoms with Gasteiger partial charge >= 0.3 is 0 Å². The molecule has 2 aromatic carbocycles. The van der Waals surface area contributed by atoms with Crippen LogP contribution in [0.3, 0.4) is 0 Å². The van der Waals surface area contributed by atoms with E-state index >= 15 is 0 Å². The highest BCUT2D eigenvalue weighted by molar-refractivity contribution is 6.05. The first kappa shape index (κ1) is 24.5. The van der Waals surface area contributed by atoms with Crippen molar-refractivity contribution in [1.29, 1.82) is 0 Å². The van der Waals surface area contributed by atoms with E-state index in [1.165, 1.54) is 0 Å². The number of rotatable bonds is 8. The zero-order valence-electron chi connectivity index (χ0n) is 20.7. The van der Waals surface area contributed by atoms with Crippen LogP contribution in [0.4, 0.5) is 11.4 Å². The van der Waals surface area contributed by atoms with Gasteiger partial charge in [0.2, 0.25) is 17.7 Å². The first-order valence-electron chi connectivity index (χ1n) is 12.7. The van der Waals surface area contributed by atoms with E-state index in [0.29, 0.717) is 43.6 Å². The van der Waals surface area contributed by atoms with Crippen molar-refractivity contribution in [2.24, 2.45) is 11.8 Å². The summed E-state index contributed by atoms with van der Waals surface area (Å²) in [6.45, 7) is 4.22. The summed E-state index contributed by atoms with van der Waals surface area (Å²) < 4.78 is 6.45. The number of para-hydroxylation sites is 1. The van der Waals surface area contributed by atoms with Crippen molar-refractivity contribution in [1.82, 2.24) is 4.90 Å². The van der Waals surface area contributed by atoms with Crippen LogP contribution in [0.15, 0.2) is 48.5 Å². The average molecular weight is 492 g/mol. The maximum atomic E-state index is 13.8. The normalized spacial score (nSPS) is 28.3. The summed E-state index contributed by atoms with van der Waals surface area (Å²) in [5, 5.41) is 15.3. The minimum atomic E-state index is -1.04. The standard InChI is InChI=1S/C28H33N3O5/c1-17-10-11-18(2)20(16-17)30-26(34)24-28-13-12-21(36-28)22(25(33)29-19-8-4-3-5-9-19)23(28)27(35)31(24)14-6-7-15-32/h3-5,8-11,16,21-24,32H,6-7,12-15H2,1-2H3,(H,29,33)(H,30,34)/t21-,22+,23+,24?,28?/m1/s1. The number of carbonyl (C=O) groups is 3. The molecule has 0 aliphatic carbocycles. The lowest BCUT2D eigenvalue weighted by atomic mass is 9.70. The fourth-order valence-corrected chi connectivity index (χ4v) is 6.21. The van der Waals surface area contributed by atoms with E-state index in [9.17, 15) is 19.5 Å². The zero-order valence-corrected chi connectivity index (χ0v) is 20.7. The minimum Gasteiger partial charge on any atom is -0.396 e. The molecule has 2 bridgehead atoms. The van der Waals surface area contributed by atoms with Gasteiger partial charge in [0.25, 0.3) is 0 Å². The molecule has 190 valence electrons. The molecular weight excluding hydrogens is 458 g/mol. The van der Waals surface area contributed by atoms with Crippen LogP contribution in [0.1, 0.15) is 36.8 Å². The summed E-state index contributed by atoms with van der Waals surface area (Å²) in [5.74, 6) is -2.15. The molecule has 8 nitrogen and oxygen atoms in total. The van der Waals surface area contributed by atoms with Gasteiger partial charge in [-0.3, -0.25) is 14.4 Å². The van der Waals surface area contributed by atoms with Gasteiger partial charge in [0.1, 0.15) is 11.6 Å². The second-order valence-corrected chi connectivity index (χ2v) is 10.2. The second kappa shape index (κ2) is 9.67. The molecule has 2 unspecified atom stereocenters. The summed E-state index contributed by atoms with van der Waals surface area (Å²) in [6, 6.07) is 14.2. The Bertz CT molecular complexity index is 1170. The van der Waals surface area contributed by atoms with Crippen LogP contribution < -0.4 is 10.6 Å². The summed E-state index contributed by atoms with van der Waals surface area (Å²) in [6.07, 6.45) is 1.84. The Kier molecular flexibility index (Phi) is 6.57. The number of aliphatic hydroxyl groups excluding tert-OH is 1. The number of anilines is 2. The van der Waals surface area contributed by atoms with Crippen LogP contribution in [-0.4, -0.2) is 58.6 Å². The van der Waals surface area contributed by atoms with E-state index in [0.717, 1.165) is 11.1 Å². The fraction of sp³-hybridized carbons (Fsp3) is 0.464. The molecule has 5 atom stereocenters. The third kappa shape index (κ3) is 4.08. The van der Waals surface area contributed by atoms with Crippen LogP contribution >= 0.6 is 0 Å². The Morgan fingerprint density at radius 2 is 1.86 bits per heavy atom. The van der Waals surface area contributed by atoms with E-state index in [4.69, 9.17) is 4.74 Å². The molecule has 0 aromatic heterocycles. The quantitative estimate of drug-likeness (QED) is 0.492. The van der Waals surface area contributed by atoms with Crippen molar-refractivity contribution in [3.05, 3.63) is 59.7 Å². The van der Waals surface area contributed by atoms with E-state index < -0.39 is 29.6 Å². The molecule has 3 fully saturated rings. The molecule has 3 N–H and O–H groups in total. The van der Waals surface area contributed by atoms with Crippen molar-refractivity contribution in [3.63, 3.8) is 0 Å². The number of aliphatic hydroxyl groups is 1. The number of ether oxygens (including phenoxy) is 1. The molecule has 3 aliphatic rings. The SMILES string of the molecule is Cc1ccc(C)c(NC(=O)C2N(CCCCO)C(=O)[C@@H]3[C@@H](C(=O)Nc4ccccc4)[C@H]4CCC23O4)c1. The first-order valence-corrected chi connectivity index (χ1v) is 12.7. The number of unbranched alkanes of at least 4 members (excludes halogenated alkanes) is 1. The number of nitrogens with one attached hydrogen (secondary N) is 2. The predicted molar refractivity (Wildman–Crippen MR) is 135 cm³/mol. The van der Waals surface area contributed by atoms with Crippen LogP contribution in [0.5, 0.6) is 0 Å². The number of hydrogen-bond donors (Lipinski definition) is 3. The Morgan fingerprint density at radius 3 is 2.61 bits per heavy atom. The smallest absolute Gasteiger partial charge is 0.250 e. The molecule has 3 aliphatic heterocycles. The number of nitrogens with zero attached hydrogens (tertiary/aromatic N) is 1. The number of carbonyl (C=O) groups excluding carboxylic acids is 3. The lowest BCUT2D eigenvalue weighted by Crippen LogP contribution is -2.53. The number of hydrogen-bond acceptors (Lipinski definition) is 5. The molecule has 1 spiro atoms. The summed E-state index contributed by atoms with van der Waals surface area (Å²) in [4.78, 5) is 42.7. The van der Waals surface area contributed by atoms with Gasteiger partial charge in [-0.15, -0.1) is 0 Å². The Morgan fingerprint density at radius 1 is 1.08 bits per heavy atom. The van der Waals surface area contributed by atoms with Crippen LogP contribution in [0.2, 0.25) is 0 Å². The number of likely N-dealkylation sites (tertiary alicyclic amines) is 1. The van der Waals surface area contributed by atoms with Crippen molar-refractivity contribution < 1.29 is 24.2 Å². The first-order chi connectivity index (χ1) is 17.4. The van der Waals surface area contributed by atoms with Gasteiger partial charge in [-0.2, -0.15) is 0 Å². The Labute approximate surface area is 211 Å². The van der Waals surface area contributed by atoms with Crippen molar-refractivity contribution in [2.75, 3.05) is 23.8 Å². The Hall–Kier alpha value is -3.23. The third-order valence-electron chi connectivity index (χ3n) is 7.85. The van der Waals surface area contributed by atoms with Crippen LogP contribution in [0.25, 0.3) is 0 Å². The minimum absolute atomic E-state index is 0.0105. The average Bonchev–Trinajstić information content (AvgIpc) is 3.50. The monoisotopic (exact) mass is 491 g/mol. The second-order valence-electron chi connectivity index (χ2n) is 10.2. The molecule has 3 saturated heterocycles. The molecule has 3 amide bonds. The largest absolute Gasteiger partial charge is 0.396 e. The van der Waals surface area contributed by atoms with Crippen LogP contribution in [0, 0.1) is 25.7 Å². The highest BCUT2D eigenvalue weighted by Gasteiger charge is 2.74. The maximum Gasteiger partial charge on any atom is 0.250 e. The molecule has 3 heterocycles. The van der Waals surface area contributed by atoms with Crippen molar-refractivity contribution in [2.45, 2.75) is 57.3 Å². The van der Waals surface area contributed by atoms with Gasteiger partial charge in [0, 0.05) is 24.5 Å². The number of aryl methyl sites for hydroxylation is 2. The van der Waals surface area contributed by atoms with E-state index in [1.54, 1.807) is 17.0 Å². The third-order valence-corrected chi connectivity index (χ3v) is 7.85.